The molecule has 210 valence electrons. The standard InChI is InChI=1S/C31H27ClN2O6S/c1-5-40-30(36)25-26(19-9-7-6-8-10-19)33-31-34(29(35)24(41-31)15-18-11-13-21(32)14-12-18)27(25)20-16-22(37-2)28(39-4)23(17-20)38-3/h6-17,27H,5H2,1-4H3/b24-15-. The Bertz CT molecular complexity index is 1790. The number of ether oxygens (including phenoxy) is 4. The molecule has 3 aromatic carbocycles. The Morgan fingerprint density at radius 2 is 1.66 bits per heavy atom. The molecule has 0 fully saturated rings. The molecule has 0 aliphatic carbocycles. The molecule has 2 heterocycles. The molecule has 0 saturated heterocycles. The number of methoxy groups -OCH3 is 3. The van der Waals surface area contributed by atoms with Gasteiger partial charge < -0.3 is 18.9 Å². The second-order valence-corrected chi connectivity index (χ2v) is 10.4. The molecule has 5 rings (SSSR count). The number of carbonyl (C=O) groups excluding carboxylic acids is 1. The van der Waals surface area contributed by atoms with E-state index in [1.165, 1.54) is 37.2 Å². The SMILES string of the molecule is CCOC(=O)C1=C(c2ccccc2)N=c2s/c(=C\c3ccc(Cl)cc3)c(=O)n2C1c1cc(OC)c(OC)c(OC)c1. The molecular weight excluding hydrogens is 564 g/mol. The number of thiazole rings is 1. The van der Waals surface area contributed by atoms with Crippen LogP contribution in [0, 0.1) is 0 Å². The van der Waals surface area contributed by atoms with Gasteiger partial charge in [0, 0.05) is 10.6 Å². The molecule has 1 atom stereocenters. The lowest BCUT2D eigenvalue weighted by molar-refractivity contribution is -0.138. The van der Waals surface area contributed by atoms with Crippen LogP contribution in [0.15, 0.2) is 82.1 Å². The van der Waals surface area contributed by atoms with Gasteiger partial charge in [-0.15, -0.1) is 0 Å². The third kappa shape index (κ3) is 5.38. The zero-order chi connectivity index (χ0) is 29.1. The van der Waals surface area contributed by atoms with Crippen LogP contribution in [-0.4, -0.2) is 38.5 Å². The van der Waals surface area contributed by atoms with E-state index in [0.717, 1.165) is 5.56 Å². The number of fused-ring (bicyclic) bond motifs is 1. The highest BCUT2D eigenvalue weighted by molar-refractivity contribution is 7.07. The maximum atomic E-state index is 14.1. The van der Waals surface area contributed by atoms with Crippen LogP contribution in [0.3, 0.4) is 0 Å². The summed E-state index contributed by atoms with van der Waals surface area (Å²) in [6.45, 7) is 1.88. The number of esters is 1. The molecule has 8 nitrogen and oxygen atoms in total. The van der Waals surface area contributed by atoms with Crippen LogP contribution in [0.5, 0.6) is 17.2 Å². The Hall–Kier alpha value is -4.34. The van der Waals surface area contributed by atoms with Gasteiger partial charge in [-0.05, 0) is 48.4 Å². The van der Waals surface area contributed by atoms with E-state index < -0.39 is 12.0 Å². The third-order valence-electron chi connectivity index (χ3n) is 6.54. The van der Waals surface area contributed by atoms with Crippen LogP contribution < -0.4 is 29.1 Å². The molecule has 1 unspecified atom stereocenters. The van der Waals surface area contributed by atoms with Gasteiger partial charge in [0.2, 0.25) is 5.75 Å². The molecule has 0 N–H and O–H groups in total. The predicted molar refractivity (Wildman–Crippen MR) is 159 cm³/mol. The topological polar surface area (TPSA) is 88.4 Å². The first-order chi connectivity index (χ1) is 19.9. The summed E-state index contributed by atoms with van der Waals surface area (Å²) in [5.41, 5.74) is 2.40. The van der Waals surface area contributed by atoms with E-state index in [-0.39, 0.29) is 17.7 Å². The fourth-order valence-electron chi connectivity index (χ4n) is 4.73. The van der Waals surface area contributed by atoms with Crippen molar-refractivity contribution in [2.45, 2.75) is 13.0 Å². The minimum absolute atomic E-state index is 0.146. The van der Waals surface area contributed by atoms with Crippen LogP contribution >= 0.6 is 22.9 Å². The first-order valence-corrected chi connectivity index (χ1v) is 13.9. The highest BCUT2D eigenvalue weighted by Crippen LogP contribution is 2.43. The largest absolute Gasteiger partial charge is 0.493 e. The van der Waals surface area contributed by atoms with Gasteiger partial charge in [0.1, 0.15) is 0 Å². The van der Waals surface area contributed by atoms with Crippen LogP contribution in [-0.2, 0) is 9.53 Å². The van der Waals surface area contributed by atoms with Crippen molar-refractivity contribution in [2.24, 2.45) is 4.99 Å². The summed E-state index contributed by atoms with van der Waals surface area (Å²) >= 11 is 7.30. The van der Waals surface area contributed by atoms with Crippen molar-refractivity contribution in [1.82, 2.24) is 4.57 Å². The van der Waals surface area contributed by atoms with Gasteiger partial charge in [0.25, 0.3) is 5.56 Å². The summed E-state index contributed by atoms with van der Waals surface area (Å²) in [6, 6.07) is 19.1. The first kappa shape index (κ1) is 28.2. The predicted octanol–water partition coefficient (Wildman–Crippen LogP) is 4.61. The number of carbonyl (C=O) groups is 1. The summed E-state index contributed by atoms with van der Waals surface area (Å²) in [4.78, 5) is 33.0. The molecule has 0 radical (unpaired) electrons. The van der Waals surface area contributed by atoms with E-state index in [4.69, 9.17) is 35.5 Å². The molecule has 1 aromatic heterocycles. The molecule has 1 aliphatic heterocycles. The summed E-state index contributed by atoms with van der Waals surface area (Å²) in [5.74, 6) is 0.568. The number of rotatable bonds is 8. The Balaban J connectivity index is 1.87. The lowest BCUT2D eigenvalue weighted by atomic mass is 9.92. The molecule has 10 heteroatoms. The van der Waals surface area contributed by atoms with E-state index in [2.05, 4.69) is 0 Å². The van der Waals surface area contributed by atoms with E-state index in [0.29, 0.717) is 48.4 Å². The van der Waals surface area contributed by atoms with Gasteiger partial charge in [-0.3, -0.25) is 9.36 Å². The van der Waals surface area contributed by atoms with Crippen molar-refractivity contribution in [1.29, 1.82) is 0 Å². The Morgan fingerprint density at radius 3 is 2.24 bits per heavy atom. The molecule has 0 bridgehead atoms. The number of halogens is 1. The lowest BCUT2D eigenvalue weighted by Gasteiger charge is -2.27. The number of benzene rings is 3. The van der Waals surface area contributed by atoms with Gasteiger partial charge in [0.15, 0.2) is 16.3 Å². The average molecular weight is 591 g/mol. The van der Waals surface area contributed by atoms with Crippen LogP contribution in [0.25, 0.3) is 11.8 Å². The Morgan fingerprint density at radius 1 is 1.00 bits per heavy atom. The van der Waals surface area contributed by atoms with Crippen molar-refractivity contribution in [3.8, 4) is 17.2 Å². The van der Waals surface area contributed by atoms with Crippen molar-refractivity contribution < 1.29 is 23.7 Å². The van der Waals surface area contributed by atoms with Crippen LogP contribution in [0.4, 0.5) is 0 Å². The van der Waals surface area contributed by atoms with Gasteiger partial charge in [0.05, 0.1) is 49.8 Å². The van der Waals surface area contributed by atoms with Crippen LogP contribution in [0.2, 0.25) is 5.02 Å². The molecule has 41 heavy (non-hydrogen) atoms. The van der Waals surface area contributed by atoms with E-state index in [9.17, 15) is 9.59 Å². The van der Waals surface area contributed by atoms with Gasteiger partial charge in [-0.2, -0.15) is 0 Å². The molecule has 4 aromatic rings. The first-order valence-electron chi connectivity index (χ1n) is 12.7. The smallest absolute Gasteiger partial charge is 0.338 e. The zero-order valence-electron chi connectivity index (χ0n) is 22.8. The zero-order valence-corrected chi connectivity index (χ0v) is 24.4. The molecular formula is C31H27ClN2O6S. The van der Waals surface area contributed by atoms with Gasteiger partial charge in [-0.1, -0.05) is 65.4 Å². The third-order valence-corrected chi connectivity index (χ3v) is 7.78. The Labute approximate surface area is 245 Å². The number of hydrogen-bond acceptors (Lipinski definition) is 8. The normalized spacial score (nSPS) is 14.8. The average Bonchev–Trinajstić information content (AvgIpc) is 3.31. The fourth-order valence-corrected chi connectivity index (χ4v) is 5.85. The monoisotopic (exact) mass is 590 g/mol. The summed E-state index contributed by atoms with van der Waals surface area (Å²) in [6.07, 6.45) is 1.78. The summed E-state index contributed by atoms with van der Waals surface area (Å²) in [5, 5.41) is 0.595. The number of aromatic nitrogens is 1. The molecule has 0 amide bonds. The minimum Gasteiger partial charge on any atom is -0.493 e. The maximum absolute atomic E-state index is 14.1. The number of hydrogen-bond donors (Lipinski definition) is 0. The highest BCUT2D eigenvalue weighted by Gasteiger charge is 2.36. The highest BCUT2D eigenvalue weighted by atomic mass is 35.5. The second kappa shape index (κ2) is 12.0. The van der Waals surface area contributed by atoms with Crippen molar-refractivity contribution >= 4 is 40.7 Å². The Kier molecular flexibility index (Phi) is 8.28. The number of nitrogens with zero attached hydrogens (tertiary/aromatic N) is 2. The fraction of sp³-hybridized carbons (Fsp3) is 0.194. The van der Waals surface area contributed by atoms with Gasteiger partial charge in [-0.25, -0.2) is 9.79 Å². The maximum Gasteiger partial charge on any atom is 0.338 e. The molecule has 0 saturated carbocycles. The van der Waals surface area contributed by atoms with Gasteiger partial charge >= 0.3 is 5.97 Å². The van der Waals surface area contributed by atoms with Crippen LogP contribution in [0.1, 0.15) is 29.7 Å². The van der Waals surface area contributed by atoms with Crippen molar-refractivity contribution in [3.05, 3.63) is 114 Å². The summed E-state index contributed by atoms with van der Waals surface area (Å²) in [7, 11) is 4.53. The lowest BCUT2D eigenvalue weighted by Crippen LogP contribution is -2.40. The van der Waals surface area contributed by atoms with E-state index >= 15 is 0 Å². The van der Waals surface area contributed by atoms with E-state index in [1.54, 1.807) is 37.3 Å². The van der Waals surface area contributed by atoms with E-state index in [1.807, 2.05) is 42.5 Å². The van der Waals surface area contributed by atoms with Crippen molar-refractivity contribution in [2.75, 3.05) is 27.9 Å². The summed E-state index contributed by atoms with van der Waals surface area (Å²) < 4.78 is 24.3. The molecule has 0 spiro atoms. The minimum atomic E-state index is -0.901. The quantitative estimate of drug-likeness (QED) is 0.278. The molecule has 1 aliphatic rings. The second-order valence-electron chi connectivity index (χ2n) is 8.94. The van der Waals surface area contributed by atoms with Crippen molar-refractivity contribution in [3.63, 3.8) is 0 Å².